The van der Waals surface area contributed by atoms with Gasteiger partial charge in [-0.25, -0.2) is 14.6 Å². The molecule has 4 heterocycles. The molecule has 1 aliphatic heterocycles. The Balaban J connectivity index is 1.57. The number of imidazole rings is 1. The highest BCUT2D eigenvalue weighted by molar-refractivity contribution is 5.40. The molecule has 0 spiro atoms. The number of aryl methyl sites for hydroxylation is 1. The molecule has 1 saturated heterocycles. The van der Waals surface area contributed by atoms with Crippen LogP contribution in [-0.2, 0) is 13.2 Å². The van der Waals surface area contributed by atoms with Crippen LogP contribution in [0.25, 0.3) is 5.82 Å². The van der Waals surface area contributed by atoms with Crippen LogP contribution in [0.15, 0.2) is 37.1 Å². The van der Waals surface area contributed by atoms with Gasteiger partial charge < -0.3 is 9.47 Å². The van der Waals surface area contributed by atoms with Gasteiger partial charge in [0.05, 0.1) is 12.4 Å². The van der Waals surface area contributed by atoms with Crippen LogP contribution in [0.3, 0.4) is 0 Å². The van der Waals surface area contributed by atoms with Crippen LogP contribution >= 0.6 is 0 Å². The first-order chi connectivity index (χ1) is 12.9. The molecule has 10 heteroatoms. The second-order valence-corrected chi connectivity index (χ2v) is 6.56. The van der Waals surface area contributed by atoms with E-state index in [1.165, 1.54) is 4.57 Å². The Morgan fingerprint density at radius 3 is 2.67 bits per heavy atom. The van der Waals surface area contributed by atoms with E-state index in [1.54, 1.807) is 42.6 Å². The quantitative estimate of drug-likeness (QED) is 0.702. The monoisotopic (exact) mass is 377 g/mol. The predicted molar refractivity (Wildman–Crippen MR) is 91.6 cm³/mol. The SMILES string of the molecule is Cn1cc(C(F)(F)F)nc1[C@@H]1CCCN(c2cncc(-n3cccn3)n2)C1. The van der Waals surface area contributed by atoms with E-state index in [2.05, 4.69) is 20.1 Å². The topological polar surface area (TPSA) is 64.7 Å². The molecule has 0 aliphatic carbocycles. The van der Waals surface area contributed by atoms with Gasteiger partial charge in [-0.15, -0.1) is 0 Å². The minimum atomic E-state index is -4.44. The lowest BCUT2D eigenvalue weighted by Crippen LogP contribution is -2.36. The second-order valence-electron chi connectivity index (χ2n) is 6.56. The first-order valence-electron chi connectivity index (χ1n) is 8.59. The zero-order valence-corrected chi connectivity index (χ0v) is 14.6. The Hall–Kier alpha value is -2.91. The van der Waals surface area contributed by atoms with Crippen LogP contribution in [0.5, 0.6) is 0 Å². The molecular formula is C17H18F3N7. The van der Waals surface area contributed by atoms with Crippen molar-refractivity contribution in [1.82, 2.24) is 29.3 Å². The first-order valence-corrected chi connectivity index (χ1v) is 8.59. The third kappa shape index (κ3) is 3.51. The fourth-order valence-corrected chi connectivity index (χ4v) is 3.41. The summed E-state index contributed by atoms with van der Waals surface area (Å²) in [5.74, 6) is 1.62. The summed E-state index contributed by atoms with van der Waals surface area (Å²) in [5, 5.41) is 4.15. The number of aromatic nitrogens is 6. The molecule has 1 fully saturated rings. The van der Waals surface area contributed by atoms with E-state index in [9.17, 15) is 13.2 Å². The Kier molecular flexibility index (Phi) is 4.33. The van der Waals surface area contributed by atoms with Crippen molar-refractivity contribution in [2.24, 2.45) is 7.05 Å². The van der Waals surface area contributed by atoms with Gasteiger partial charge in [-0.05, 0) is 18.9 Å². The predicted octanol–water partition coefficient (Wildman–Crippen LogP) is 2.80. The Labute approximate surface area is 153 Å². The number of rotatable bonds is 3. The molecule has 0 saturated carbocycles. The molecule has 0 unspecified atom stereocenters. The average Bonchev–Trinajstić information content (AvgIpc) is 3.31. The zero-order chi connectivity index (χ0) is 19.0. The molecule has 142 valence electrons. The minimum absolute atomic E-state index is 0.102. The van der Waals surface area contributed by atoms with Crippen LogP contribution in [0.1, 0.15) is 30.3 Å². The van der Waals surface area contributed by atoms with Gasteiger partial charge in [-0.1, -0.05) is 0 Å². The van der Waals surface area contributed by atoms with Gasteiger partial charge in [-0.2, -0.15) is 18.3 Å². The number of hydrogen-bond acceptors (Lipinski definition) is 5. The summed E-state index contributed by atoms with van der Waals surface area (Å²) in [6.07, 6.45) is 4.95. The number of hydrogen-bond donors (Lipinski definition) is 0. The highest BCUT2D eigenvalue weighted by Gasteiger charge is 2.36. The maximum absolute atomic E-state index is 13.0. The van der Waals surface area contributed by atoms with E-state index in [-0.39, 0.29) is 5.92 Å². The van der Waals surface area contributed by atoms with Crippen molar-refractivity contribution in [3.63, 3.8) is 0 Å². The van der Waals surface area contributed by atoms with Crippen molar-refractivity contribution in [2.45, 2.75) is 24.9 Å². The van der Waals surface area contributed by atoms with Crippen LogP contribution in [0, 0.1) is 0 Å². The van der Waals surface area contributed by atoms with Gasteiger partial charge in [0.15, 0.2) is 11.5 Å². The Morgan fingerprint density at radius 1 is 1.15 bits per heavy atom. The molecule has 1 aliphatic rings. The van der Waals surface area contributed by atoms with Crippen molar-refractivity contribution >= 4 is 5.82 Å². The van der Waals surface area contributed by atoms with E-state index < -0.39 is 11.9 Å². The maximum atomic E-state index is 13.0. The third-order valence-corrected chi connectivity index (χ3v) is 4.66. The standard InChI is InChI=1S/C17H18F3N7/c1-25-11-13(17(18,19)20)23-16(25)12-4-2-6-26(10-12)14-8-21-9-15(24-14)27-7-3-5-22-27/h3,5,7-9,11-12H,2,4,6,10H2,1H3/t12-/m1/s1. The van der Waals surface area contributed by atoms with Gasteiger partial charge in [0.2, 0.25) is 0 Å². The molecule has 3 aromatic rings. The maximum Gasteiger partial charge on any atom is 0.434 e. The van der Waals surface area contributed by atoms with Crippen molar-refractivity contribution in [3.8, 4) is 5.82 Å². The van der Waals surface area contributed by atoms with Crippen molar-refractivity contribution in [1.29, 1.82) is 0 Å². The Bertz CT molecular complexity index is 917. The van der Waals surface area contributed by atoms with E-state index >= 15 is 0 Å². The Morgan fingerprint density at radius 2 is 1.96 bits per heavy atom. The number of halogens is 3. The molecular weight excluding hydrogens is 359 g/mol. The van der Waals surface area contributed by atoms with E-state index in [0.29, 0.717) is 24.0 Å². The molecule has 3 aromatic heterocycles. The fraction of sp³-hybridized carbons (Fsp3) is 0.412. The summed E-state index contributed by atoms with van der Waals surface area (Å²) < 4.78 is 42.0. The highest BCUT2D eigenvalue weighted by Crippen LogP contribution is 2.33. The van der Waals surface area contributed by atoms with Crippen molar-refractivity contribution in [2.75, 3.05) is 18.0 Å². The molecule has 1 atom stereocenters. The largest absolute Gasteiger partial charge is 0.434 e. The van der Waals surface area contributed by atoms with Crippen LogP contribution in [-0.4, -0.2) is 42.4 Å². The van der Waals surface area contributed by atoms with Gasteiger partial charge in [0.25, 0.3) is 0 Å². The van der Waals surface area contributed by atoms with Gasteiger partial charge >= 0.3 is 6.18 Å². The van der Waals surface area contributed by atoms with E-state index in [1.807, 2.05) is 4.90 Å². The molecule has 0 N–H and O–H groups in total. The minimum Gasteiger partial charge on any atom is -0.355 e. The van der Waals surface area contributed by atoms with Gasteiger partial charge in [-0.3, -0.25) is 4.98 Å². The summed E-state index contributed by atoms with van der Waals surface area (Å²) in [7, 11) is 1.61. The zero-order valence-electron chi connectivity index (χ0n) is 14.6. The summed E-state index contributed by atoms with van der Waals surface area (Å²) in [5.41, 5.74) is -0.849. The molecule has 7 nitrogen and oxygen atoms in total. The van der Waals surface area contributed by atoms with Crippen molar-refractivity contribution in [3.05, 3.63) is 48.6 Å². The molecule has 0 radical (unpaired) electrons. The fourth-order valence-electron chi connectivity index (χ4n) is 3.41. The van der Waals surface area contributed by atoms with Crippen LogP contribution in [0.2, 0.25) is 0 Å². The summed E-state index contributed by atoms with van der Waals surface area (Å²) >= 11 is 0. The first kappa shape index (κ1) is 17.5. The number of alkyl halides is 3. The molecule has 4 rings (SSSR count). The van der Waals surface area contributed by atoms with Crippen LogP contribution in [0.4, 0.5) is 19.0 Å². The van der Waals surface area contributed by atoms with E-state index in [0.717, 1.165) is 25.6 Å². The van der Waals surface area contributed by atoms with Gasteiger partial charge in [0.1, 0.15) is 11.6 Å². The average molecular weight is 377 g/mol. The molecule has 0 amide bonds. The van der Waals surface area contributed by atoms with E-state index in [4.69, 9.17) is 0 Å². The smallest absolute Gasteiger partial charge is 0.355 e. The normalized spacial score (nSPS) is 18.1. The summed E-state index contributed by atoms with van der Waals surface area (Å²) in [6, 6.07) is 1.80. The highest BCUT2D eigenvalue weighted by atomic mass is 19.4. The van der Waals surface area contributed by atoms with Crippen molar-refractivity contribution < 1.29 is 13.2 Å². The number of nitrogens with zero attached hydrogens (tertiary/aromatic N) is 7. The second kappa shape index (κ2) is 6.67. The molecule has 0 bridgehead atoms. The van der Waals surface area contributed by atoms with Gasteiger partial charge in [0, 0.05) is 44.6 Å². The molecule has 27 heavy (non-hydrogen) atoms. The summed E-state index contributed by atoms with van der Waals surface area (Å²) in [6.45, 7) is 1.31. The third-order valence-electron chi connectivity index (χ3n) is 4.66. The summed E-state index contributed by atoms with van der Waals surface area (Å²) in [4.78, 5) is 14.7. The lowest BCUT2D eigenvalue weighted by Gasteiger charge is -2.33. The molecule has 0 aromatic carbocycles. The lowest BCUT2D eigenvalue weighted by molar-refractivity contribution is -0.141. The number of anilines is 1. The lowest BCUT2D eigenvalue weighted by atomic mass is 9.97. The number of piperidine rings is 1. The van der Waals surface area contributed by atoms with Crippen LogP contribution < -0.4 is 4.90 Å².